The van der Waals surface area contributed by atoms with Gasteiger partial charge in [-0.05, 0) is 105 Å². The van der Waals surface area contributed by atoms with Gasteiger partial charge >= 0.3 is 5.97 Å². The summed E-state index contributed by atoms with van der Waals surface area (Å²) in [6.07, 6.45) is -6.64. The Bertz CT molecular complexity index is 1430. The van der Waals surface area contributed by atoms with Crippen LogP contribution >= 0.6 is 0 Å². The highest BCUT2D eigenvalue weighted by Gasteiger charge is 2.68. The van der Waals surface area contributed by atoms with Crippen molar-refractivity contribution in [2.24, 2.45) is 39.4 Å². The molecule has 6 rings (SSSR count). The number of carboxylic acid groups (broad SMARTS) is 1. The Morgan fingerprint density at radius 1 is 0.889 bits per heavy atom. The Labute approximate surface area is 319 Å². The van der Waals surface area contributed by atoms with Crippen LogP contribution in [-0.2, 0) is 23.7 Å². The maximum Gasteiger partial charge on any atom is 0.314 e. The number of aliphatic carboxylic acids is 1. The summed E-state index contributed by atoms with van der Waals surface area (Å²) < 4.78 is 24.1. The molecule has 308 valence electrons. The van der Waals surface area contributed by atoms with Crippen LogP contribution in [0.1, 0.15) is 106 Å². The van der Waals surface area contributed by atoms with E-state index in [2.05, 4.69) is 41.2 Å². The lowest BCUT2D eigenvalue weighted by atomic mass is 9.43. The fourth-order valence-electron chi connectivity index (χ4n) is 12.4. The molecule has 8 N–H and O–H groups in total. The van der Waals surface area contributed by atoms with Gasteiger partial charge in [0.25, 0.3) is 0 Å². The fourth-order valence-corrected chi connectivity index (χ4v) is 12.4. The first-order valence-corrected chi connectivity index (χ1v) is 20.1. The number of ether oxygens (including phenoxy) is 4. The van der Waals surface area contributed by atoms with Crippen molar-refractivity contribution < 1.29 is 64.6 Å². The van der Waals surface area contributed by atoms with Crippen LogP contribution in [0.15, 0.2) is 23.3 Å². The molecule has 13 nitrogen and oxygen atoms in total. The lowest BCUT2D eigenvalue weighted by Gasteiger charge is -2.62. The molecule has 13 heteroatoms. The molecule has 17 atom stereocenters. The summed E-state index contributed by atoms with van der Waals surface area (Å²) in [7, 11) is 0. The topological polar surface area (TPSA) is 216 Å². The van der Waals surface area contributed by atoms with Gasteiger partial charge in [-0.25, -0.2) is 0 Å². The van der Waals surface area contributed by atoms with Gasteiger partial charge in [0.15, 0.2) is 12.6 Å². The number of fused-ring (bicyclic) bond motifs is 4. The average molecular weight is 767 g/mol. The van der Waals surface area contributed by atoms with Crippen molar-refractivity contribution in [2.75, 3.05) is 13.2 Å². The summed E-state index contributed by atoms with van der Waals surface area (Å²) in [4.78, 5) is 13.7. The smallest absolute Gasteiger partial charge is 0.314 e. The number of carbonyl (C=O) groups is 1. The molecule has 0 aromatic rings. The van der Waals surface area contributed by atoms with Gasteiger partial charge in [-0.1, -0.05) is 57.9 Å². The third kappa shape index (κ3) is 6.64. The lowest BCUT2D eigenvalue weighted by molar-refractivity contribution is -0.365. The summed E-state index contributed by atoms with van der Waals surface area (Å²) in [5, 5.41) is 84.2. The van der Waals surface area contributed by atoms with E-state index in [1.165, 1.54) is 5.57 Å². The predicted molar refractivity (Wildman–Crippen MR) is 195 cm³/mol. The molecule has 4 fully saturated rings. The molecule has 2 aliphatic heterocycles. The Kier molecular flexibility index (Phi) is 12.0. The molecule has 2 saturated carbocycles. The lowest BCUT2D eigenvalue weighted by Crippen LogP contribution is -2.64. The first kappa shape index (κ1) is 42.1. The SMILES string of the molecule is C=C(C)C(O)CCC(C)C1CCC2(C(=O)O)C3=C(CCC12C)C1(C)CCC(OC2OCC(O)C(O)C2OC2OC(CO)C(O)C(O)C2O)C(C)(C)C1CC3. The highest BCUT2D eigenvalue weighted by atomic mass is 16.8. The van der Waals surface area contributed by atoms with Gasteiger partial charge in [-0.3, -0.25) is 4.79 Å². The molecule has 54 heavy (non-hydrogen) atoms. The fraction of sp³-hybridized carbons (Fsp3) is 0.878. The van der Waals surface area contributed by atoms with Crippen LogP contribution in [0.3, 0.4) is 0 Å². The zero-order chi connectivity index (χ0) is 39.7. The molecule has 2 heterocycles. The van der Waals surface area contributed by atoms with E-state index in [4.69, 9.17) is 18.9 Å². The van der Waals surface area contributed by atoms with Crippen LogP contribution < -0.4 is 0 Å². The van der Waals surface area contributed by atoms with Gasteiger partial charge < -0.3 is 59.8 Å². The first-order chi connectivity index (χ1) is 25.3. The standard InChI is InChI=1S/C41H66O13/c1-20(2)25(43)10-8-21(3)22-13-17-41(37(49)50)24-9-11-28-38(4,5)29(14-15-39(28,6)23(24)12-16-40(22,41)7)53-36-34(30(45)26(44)19-51-36)54-35-33(48)32(47)31(46)27(18-42)52-35/h21-22,25-36,42-48H,1,8-19H2,2-7H3,(H,49,50). The normalized spacial score (nSPS) is 47.3. The molecule has 0 amide bonds. The molecule has 6 aliphatic rings. The van der Waals surface area contributed by atoms with Crippen molar-refractivity contribution in [3.8, 4) is 0 Å². The molecule has 0 aromatic heterocycles. The minimum Gasteiger partial charge on any atom is -0.481 e. The first-order valence-electron chi connectivity index (χ1n) is 20.1. The van der Waals surface area contributed by atoms with E-state index in [1.54, 1.807) is 0 Å². The third-order valence-electron chi connectivity index (χ3n) is 15.6. The number of hydrogen-bond donors (Lipinski definition) is 8. The monoisotopic (exact) mass is 766 g/mol. The third-order valence-corrected chi connectivity index (χ3v) is 15.6. The number of carboxylic acids is 1. The Balaban J connectivity index is 1.23. The quantitative estimate of drug-likeness (QED) is 0.142. The van der Waals surface area contributed by atoms with Crippen LogP contribution in [0.4, 0.5) is 0 Å². The molecule has 4 aliphatic carbocycles. The number of aliphatic hydroxyl groups is 7. The second-order valence-corrected chi connectivity index (χ2v) is 18.7. The van der Waals surface area contributed by atoms with Gasteiger partial charge in [-0.2, -0.15) is 0 Å². The summed E-state index contributed by atoms with van der Waals surface area (Å²) in [6.45, 7) is 15.9. The highest BCUT2D eigenvalue weighted by molar-refractivity contribution is 5.82. The molecule has 0 radical (unpaired) electrons. The summed E-state index contributed by atoms with van der Waals surface area (Å²) >= 11 is 0. The van der Waals surface area contributed by atoms with Gasteiger partial charge in [0, 0.05) is 0 Å². The number of hydrogen-bond acceptors (Lipinski definition) is 12. The average Bonchev–Trinajstić information content (AvgIpc) is 3.45. The van der Waals surface area contributed by atoms with Crippen molar-refractivity contribution in [1.29, 1.82) is 0 Å². The largest absolute Gasteiger partial charge is 0.481 e. The van der Waals surface area contributed by atoms with Crippen molar-refractivity contribution in [3.05, 3.63) is 23.3 Å². The molecule has 17 unspecified atom stereocenters. The van der Waals surface area contributed by atoms with Gasteiger partial charge in [0.1, 0.15) is 42.7 Å². The Morgan fingerprint density at radius 3 is 2.24 bits per heavy atom. The van der Waals surface area contributed by atoms with Crippen LogP contribution in [0.5, 0.6) is 0 Å². The van der Waals surface area contributed by atoms with Crippen LogP contribution in [0.2, 0.25) is 0 Å². The number of aliphatic hydroxyl groups excluding tert-OH is 7. The van der Waals surface area contributed by atoms with Gasteiger partial charge in [-0.15, -0.1) is 0 Å². The summed E-state index contributed by atoms with van der Waals surface area (Å²) in [5.74, 6) is -0.0798. The molecule has 0 bridgehead atoms. The minimum absolute atomic E-state index is 0.140. The summed E-state index contributed by atoms with van der Waals surface area (Å²) in [6, 6.07) is 0. The second kappa shape index (κ2) is 15.4. The van der Waals surface area contributed by atoms with Crippen LogP contribution in [-0.4, -0.2) is 128 Å². The van der Waals surface area contributed by atoms with Crippen LogP contribution in [0.25, 0.3) is 0 Å². The van der Waals surface area contributed by atoms with Gasteiger partial charge in [0.05, 0.1) is 30.8 Å². The zero-order valence-corrected chi connectivity index (χ0v) is 32.9. The minimum atomic E-state index is -1.72. The van der Waals surface area contributed by atoms with E-state index in [0.29, 0.717) is 25.7 Å². The maximum atomic E-state index is 13.7. The molecule has 0 spiro atoms. The van der Waals surface area contributed by atoms with E-state index in [9.17, 15) is 45.6 Å². The van der Waals surface area contributed by atoms with Crippen LogP contribution in [0, 0.1) is 39.4 Å². The number of allylic oxidation sites excluding steroid dienone is 1. The van der Waals surface area contributed by atoms with E-state index >= 15 is 0 Å². The summed E-state index contributed by atoms with van der Waals surface area (Å²) in [5.41, 5.74) is 1.17. The predicted octanol–water partition coefficient (Wildman–Crippen LogP) is 2.80. The van der Waals surface area contributed by atoms with Crippen molar-refractivity contribution in [3.63, 3.8) is 0 Å². The zero-order valence-electron chi connectivity index (χ0n) is 32.9. The van der Waals surface area contributed by atoms with E-state index < -0.39 is 90.2 Å². The van der Waals surface area contributed by atoms with Crippen molar-refractivity contribution in [1.82, 2.24) is 0 Å². The Morgan fingerprint density at radius 2 is 1.59 bits per heavy atom. The number of rotatable bonds is 11. The molecule has 0 aromatic carbocycles. The van der Waals surface area contributed by atoms with Crippen molar-refractivity contribution >= 4 is 5.97 Å². The van der Waals surface area contributed by atoms with E-state index in [-0.39, 0.29) is 35.9 Å². The second-order valence-electron chi connectivity index (χ2n) is 18.7. The maximum absolute atomic E-state index is 13.7. The van der Waals surface area contributed by atoms with Gasteiger partial charge in [0.2, 0.25) is 0 Å². The van der Waals surface area contributed by atoms with Crippen molar-refractivity contribution in [2.45, 2.75) is 173 Å². The molecular weight excluding hydrogens is 700 g/mol. The Hall–Kier alpha value is -1.49. The van der Waals surface area contributed by atoms with E-state index in [0.717, 1.165) is 49.7 Å². The van der Waals surface area contributed by atoms with E-state index in [1.807, 2.05) is 6.92 Å². The molecular formula is C41H66O13. The highest BCUT2D eigenvalue weighted by Crippen LogP contribution is 2.73. The molecule has 2 saturated heterocycles.